The lowest BCUT2D eigenvalue weighted by Gasteiger charge is -2.26. The summed E-state index contributed by atoms with van der Waals surface area (Å²) in [5, 5.41) is 19.5. The van der Waals surface area contributed by atoms with Crippen molar-refractivity contribution in [3.05, 3.63) is 164 Å². The first-order valence-electron chi connectivity index (χ1n) is 30.0. The Bertz CT molecular complexity index is 3890. The summed E-state index contributed by atoms with van der Waals surface area (Å²) in [6.07, 6.45) is 2.96. The van der Waals surface area contributed by atoms with E-state index in [-0.39, 0.29) is 37.0 Å². The van der Waals surface area contributed by atoms with Gasteiger partial charge in [-0.25, -0.2) is 0 Å². The van der Waals surface area contributed by atoms with Gasteiger partial charge in [0.1, 0.15) is 71.6 Å². The Balaban J connectivity index is 0.000000418. The Morgan fingerprint density at radius 2 is 0.989 bits per heavy atom. The van der Waals surface area contributed by atoms with Gasteiger partial charge in [0.15, 0.2) is 0 Å². The number of halogens is 4. The van der Waals surface area contributed by atoms with Crippen LogP contribution in [0, 0.1) is 27.7 Å². The maximum Gasteiger partial charge on any atom is 0.317 e. The minimum atomic E-state index is -1.17. The number of likely N-dealkylation sites (N-methyl/N-ethyl adjacent to an activating group) is 2. The lowest BCUT2D eigenvalue weighted by atomic mass is 10.1. The number of aliphatic carboxylic acids is 1. The molecule has 2 aromatic heterocycles. The summed E-state index contributed by atoms with van der Waals surface area (Å²) < 4.78 is 51.8. The van der Waals surface area contributed by atoms with Crippen LogP contribution in [0.2, 0.25) is 0 Å². The SMILES string of the molecule is C.CC(C)(C)OC(=O)CC(=O)O.CCNC(=O)Cn1cc(CN(C(=O)CC(=O)OC(C)(C)C)c2cc(C)c(Oc3ccc(OC)c(Br)c3)c(C)c2)c2ccccc21.CCNC(=O)Cn1cc(CNc2cc(C)c(Oc3ccc(OC)c(Br)c3)c(C)c2)c2ccccc21.F.[3H]F. The predicted molar refractivity (Wildman–Crippen MR) is 373 cm³/mol. The number of aryl methyl sites for hydroxylation is 4. The van der Waals surface area contributed by atoms with Crippen molar-refractivity contribution in [3.8, 4) is 34.5 Å². The van der Waals surface area contributed by atoms with Gasteiger partial charge in [-0.3, -0.25) is 38.2 Å². The molecule has 0 spiro atoms. The lowest BCUT2D eigenvalue weighted by Crippen LogP contribution is -2.34. The molecular weight excluding hydrogens is 1340 g/mol. The zero-order valence-corrected chi connectivity index (χ0v) is 58.1. The number of nitrogens with zero attached hydrogens (tertiary/aromatic N) is 3. The second-order valence-electron chi connectivity index (χ2n) is 23.4. The van der Waals surface area contributed by atoms with E-state index in [1.165, 1.54) is 0 Å². The minimum Gasteiger partial charge on any atom is -0.496 e. The van der Waals surface area contributed by atoms with Crippen molar-refractivity contribution in [3.63, 3.8) is 0 Å². The summed E-state index contributed by atoms with van der Waals surface area (Å²) in [5.41, 5.74) is 7.91. The van der Waals surface area contributed by atoms with E-state index in [1.807, 2.05) is 142 Å². The molecule has 8 rings (SSSR count). The highest BCUT2D eigenvalue weighted by atomic mass is 79.9. The van der Waals surface area contributed by atoms with Crippen molar-refractivity contribution in [2.24, 2.45) is 0 Å². The van der Waals surface area contributed by atoms with Crippen molar-refractivity contribution in [2.45, 2.75) is 141 Å². The molecule has 0 aliphatic carbocycles. The number of carbonyl (C=O) groups is 6. The van der Waals surface area contributed by atoms with Gasteiger partial charge in [-0.15, -0.1) is 0 Å². The third-order valence-electron chi connectivity index (χ3n) is 13.6. The minimum absolute atomic E-state index is 0. The number of methoxy groups -OCH3 is 2. The molecule has 4 N–H and O–H groups in total. The van der Waals surface area contributed by atoms with Crippen LogP contribution >= 0.6 is 31.9 Å². The summed E-state index contributed by atoms with van der Waals surface area (Å²) >= 11 is 7.01. The first-order chi connectivity index (χ1) is 44.0. The topological polar surface area (TPSA) is 227 Å². The normalized spacial score (nSPS) is 10.8. The zero-order valence-electron chi connectivity index (χ0n) is 55.9. The van der Waals surface area contributed by atoms with Crippen molar-refractivity contribution in [2.75, 3.05) is 37.5 Å². The number of nitrogens with one attached hydrogen (secondary N) is 3. The molecule has 0 aliphatic heterocycles. The van der Waals surface area contributed by atoms with Crippen LogP contribution in [0.15, 0.2) is 131 Å². The largest absolute Gasteiger partial charge is 0.496 e. The molecule has 0 fully saturated rings. The van der Waals surface area contributed by atoms with Crippen LogP contribution < -0.4 is 39.8 Å². The van der Waals surface area contributed by atoms with E-state index < -0.39 is 47.9 Å². The predicted octanol–water partition coefficient (Wildman–Crippen LogP) is 15.5. The molecule has 0 aliphatic rings. The van der Waals surface area contributed by atoms with Gasteiger partial charge in [-0.05, 0) is 221 Å². The molecule has 19 nitrogen and oxygen atoms in total. The second-order valence-corrected chi connectivity index (χ2v) is 25.1. The fourth-order valence-corrected chi connectivity index (χ4v) is 10.9. The van der Waals surface area contributed by atoms with E-state index in [2.05, 4.69) is 79.7 Å². The summed E-state index contributed by atoms with van der Waals surface area (Å²) in [6.45, 7) is 24.5. The number of hydrogen-bond donors (Lipinski definition) is 4. The highest BCUT2D eigenvalue weighted by Crippen LogP contribution is 2.39. The first-order valence-corrected chi connectivity index (χ1v) is 31.2. The maximum absolute atomic E-state index is 13.9. The summed E-state index contributed by atoms with van der Waals surface area (Å²) in [5.74, 6) is 1.35. The lowest BCUT2D eigenvalue weighted by molar-refractivity contribution is -0.160. The van der Waals surface area contributed by atoms with E-state index in [1.54, 1.807) is 60.7 Å². The Hall–Kier alpha value is -8.96. The van der Waals surface area contributed by atoms with Crippen molar-refractivity contribution >= 4 is 101 Å². The molecular formula is C71H88Br2F2N6O13. The number of amides is 3. The van der Waals surface area contributed by atoms with Gasteiger partial charge < -0.3 is 63.5 Å². The molecule has 23 heteroatoms. The number of carboxylic acid groups (broad SMARTS) is 1. The number of benzene rings is 6. The standard InChI is InChI=1S/C35H40BrN3O6.C28H30BrN3O3.C7H12O4.CH4.2FH/c1-8-37-31(40)21-38-19-24(27-11-9-10-12-29(27)38)20-39(32(41)18-33(42)45-35(4,5)6)25-15-22(2)34(23(3)16-25)44-26-13-14-30(43-7)28(36)17-26;1-5-30-27(33)17-32-16-20(23-8-6-7-9-25(23)32)15-31-21-12-18(2)28(19(3)13-21)35-22-10-11-26(34-4)24(29)14-22;1-7(2,3)11-6(10)4-5(8)9;;;/h9-17,19H,8,18,20-21H2,1-7H3,(H,37,40);6-14,16,31H,5,15,17H2,1-4H3,(H,30,33);4H2,1-3H3,(H,8,9);1H4;2*1H/i/hT. The van der Waals surface area contributed by atoms with Crippen LogP contribution in [0.4, 0.5) is 20.8 Å². The molecule has 0 unspecified atom stereocenters. The van der Waals surface area contributed by atoms with Gasteiger partial charge in [0, 0.05) is 65.2 Å². The van der Waals surface area contributed by atoms with Gasteiger partial charge in [-0.2, -0.15) is 0 Å². The van der Waals surface area contributed by atoms with Crippen LogP contribution in [0.3, 0.4) is 0 Å². The molecule has 0 radical (unpaired) electrons. The third kappa shape index (κ3) is 23.0. The van der Waals surface area contributed by atoms with E-state index in [9.17, 15) is 28.8 Å². The number of carboxylic acids is 1. The Kier molecular flexibility index (Phi) is 29.6. The summed E-state index contributed by atoms with van der Waals surface area (Å²) in [7, 11) is 3.24. The molecule has 8 aromatic rings. The van der Waals surface area contributed by atoms with Gasteiger partial charge in [0.25, 0.3) is 1.45 Å². The van der Waals surface area contributed by atoms with Crippen LogP contribution in [0.5, 0.6) is 34.5 Å². The van der Waals surface area contributed by atoms with E-state index in [4.69, 9.17) is 38.2 Å². The van der Waals surface area contributed by atoms with Gasteiger partial charge in [-0.1, -0.05) is 43.8 Å². The van der Waals surface area contributed by atoms with E-state index in [0.29, 0.717) is 49.1 Å². The molecule has 0 bridgehead atoms. The molecule has 0 saturated carbocycles. The van der Waals surface area contributed by atoms with E-state index >= 15 is 0 Å². The number of para-hydroxylation sites is 2. The molecule has 2 heterocycles. The van der Waals surface area contributed by atoms with Crippen LogP contribution in [-0.4, -0.2) is 89.8 Å². The quantitative estimate of drug-likeness (QED) is 0.0366. The van der Waals surface area contributed by atoms with Crippen molar-refractivity contribution in [1.29, 1.82) is 1.45 Å². The fraction of sp³-hybridized carbons (Fsp3) is 0.352. The number of fused-ring (bicyclic) bond motifs is 2. The van der Waals surface area contributed by atoms with E-state index in [0.717, 1.165) is 87.1 Å². The molecule has 3 amide bonds. The third-order valence-corrected chi connectivity index (χ3v) is 14.8. The van der Waals surface area contributed by atoms with Crippen LogP contribution in [-0.2, 0) is 64.4 Å². The Morgan fingerprint density at radius 3 is 1.39 bits per heavy atom. The number of anilines is 2. The molecule has 94 heavy (non-hydrogen) atoms. The maximum atomic E-state index is 13.9. The zero-order chi connectivity index (χ0) is 68.9. The number of ether oxygens (including phenoxy) is 6. The van der Waals surface area contributed by atoms with Crippen LogP contribution in [0.25, 0.3) is 21.8 Å². The van der Waals surface area contributed by atoms with Gasteiger partial charge in [0.05, 0.1) is 29.7 Å². The average molecular weight is 1430 g/mol. The Labute approximate surface area is 567 Å². The summed E-state index contributed by atoms with van der Waals surface area (Å²) in [6, 6.07) is 35.0. The number of aromatic nitrogens is 2. The second kappa shape index (κ2) is 35.9. The average Bonchev–Trinajstić information content (AvgIpc) is 1.74. The molecule has 0 saturated heterocycles. The highest BCUT2D eigenvalue weighted by molar-refractivity contribution is 9.11. The molecule has 0 atom stereocenters. The first kappa shape index (κ1) is 77.5. The number of hydrogen-bond acceptors (Lipinski definition) is 13. The van der Waals surface area contributed by atoms with Crippen molar-refractivity contribution < 1.29 is 71.7 Å². The molecule has 508 valence electrons. The fourth-order valence-electron chi connectivity index (χ4n) is 9.89. The summed E-state index contributed by atoms with van der Waals surface area (Å²) in [4.78, 5) is 73.5. The van der Waals surface area contributed by atoms with Crippen molar-refractivity contribution in [1.82, 2.24) is 19.8 Å². The smallest absolute Gasteiger partial charge is 0.317 e. The Morgan fingerprint density at radius 1 is 0.585 bits per heavy atom. The monoisotopic (exact) mass is 1430 g/mol. The number of esters is 2. The highest BCUT2D eigenvalue weighted by Gasteiger charge is 2.27. The number of rotatable bonds is 22. The molecule has 6 aromatic carbocycles. The van der Waals surface area contributed by atoms with Gasteiger partial charge in [0.2, 0.25) is 17.7 Å². The number of carbonyl (C=O) groups excluding carboxylic acids is 5. The van der Waals surface area contributed by atoms with Crippen LogP contribution in [0.1, 0.15) is 109 Å². The van der Waals surface area contributed by atoms with Gasteiger partial charge >= 0.3 is 17.9 Å².